The molecule has 1 atom stereocenters. The molecule has 0 aromatic rings. The van der Waals surface area contributed by atoms with Gasteiger partial charge in [0, 0.05) is 12.6 Å². The first-order valence-corrected chi connectivity index (χ1v) is 8.47. The third-order valence-corrected chi connectivity index (χ3v) is 3.29. The fourth-order valence-corrected chi connectivity index (χ4v) is 2.05. The average molecular weight is 290 g/mol. The second-order valence-electron chi connectivity index (χ2n) is 5.64. The first kappa shape index (κ1) is 18.6. The Hall–Kier alpha value is -0.420. The molecule has 4 nitrogen and oxygen atoms in total. The molecule has 1 unspecified atom stereocenters. The van der Waals surface area contributed by atoms with Crippen molar-refractivity contribution >= 4 is 17.9 Å². The molecule has 114 valence electrons. The van der Waals surface area contributed by atoms with Crippen LogP contribution in [0.15, 0.2) is 0 Å². The maximum Gasteiger partial charge on any atom is 0.407 e. The number of alkyl carbamates (subject to hydrolysis) is 1. The minimum atomic E-state index is -0.433. The lowest BCUT2D eigenvalue weighted by molar-refractivity contribution is 0.0522. The van der Waals surface area contributed by atoms with Crippen LogP contribution < -0.4 is 10.6 Å². The van der Waals surface area contributed by atoms with Gasteiger partial charge in [0.2, 0.25) is 0 Å². The van der Waals surface area contributed by atoms with Gasteiger partial charge in [0.25, 0.3) is 0 Å². The van der Waals surface area contributed by atoms with Gasteiger partial charge in [0.1, 0.15) is 5.60 Å². The van der Waals surface area contributed by atoms with Crippen LogP contribution in [0.3, 0.4) is 0 Å². The minimum Gasteiger partial charge on any atom is -0.444 e. The monoisotopic (exact) mass is 290 g/mol. The van der Waals surface area contributed by atoms with Crippen LogP contribution in [0.4, 0.5) is 4.79 Å². The fraction of sp³-hybridized carbons (Fsp3) is 0.929. The lowest BCUT2D eigenvalue weighted by Crippen LogP contribution is -2.42. The van der Waals surface area contributed by atoms with E-state index in [1.165, 1.54) is 18.6 Å². The normalized spacial score (nSPS) is 13.1. The summed E-state index contributed by atoms with van der Waals surface area (Å²) in [7, 11) is 0. The quantitative estimate of drug-likeness (QED) is 0.641. The summed E-state index contributed by atoms with van der Waals surface area (Å²) in [6.07, 6.45) is 5.22. The van der Waals surface area contributed by atoms with Gasteiger partial charge in [-0.25, -0.2) is 4.79 Å². The predicted octanol–water partition coefficient (Wildman–Crippen LogP) is 3.02. The van der Waals surface area contributed by atoms with Gasteiger partial charge >= 0.3 is 6.09 Å². The molecule has 5 heteroatoms. The van der Waals surface area contributed by atoms with Crippen molar-refractivity contribution in [3.8, 4) is 0 Å². The van der Waals surface area contributed by atoms with Crippen molar-refractivity contribution in [1.82, 2.24) is 10.6 Å². The van der Waals surface area contributed by atoms with Crippen molar-refractivity contribution in [3.63, 3.8) is 0 Å². The number of nitrogens with one attached hydrogen (secondary N) is 2. The van der Waals surface area contributed by atoms with E-state index in [1.807, 2.05) is 32.5 Å². The molecular formula is C14H30N2O2S. The van der Waals surface area contributed by atoms with E-state index in [2.05, 4.69) is 23.8 Å². The van der Waals surface area contributed by atoms with Crippen LogP contribution >= 0.6 is 11.8 Å². The summed E-state index contributed by atoms with van der Waals surface area (Å²) in [5, 5.41) is 6.28. The Balaban J connectivity index is 3.72. The molecule has 0 rings (SSSR count). The SMILES string of the molecule is CCC(CNC(=O)OC(C)(C)C)NCCCCSC. The van der Waals surface area contributed by atoms with Crippen LogP contribution in [0.25, 0.3) is 0 Å². The van der Waals surface area contributed by atoms with Gasteiger partial charge in [-0.3, -0.25) is 0 Å². The van der Waals surface area contributed by atoms with Crippen molar-refractivity contribution in [3.05, 3.63) is 0 Å². The minimum absolute atomic E-state index is 0.321. The Morgan fingerprint density at radius 3 is 2.53 bits per heavy atom. The fourth-order valence-electron chi connectivity index (χ4n) is 1.56. The first-order valence-electron chi connectivity index (χ1n) is 7.08. The average Bonchev–Trinajstić information content (AvgIpc) is 2.30. The lowest BCUT2D eigenvalue weighted by Gasteiger charge is -2.22. The number of hydrogen-bond donors (Lipinski definition) is 2. The smallest absolute Gasteiger partial charge is 0.407 e. The second kappa shape index (κ2) is 10.4. The van der Waals surface area contributed by atoms with Crippen molar-refractivity contribution in [2.24, 2.45) is 0 Å². The maximum atomic E-state index is 11.5. The van der Waals surface area contributed by atoms with Crippen LogP contribution in [0.5, 0.6) is 0 Å². The number of hydrogen-bond acceptors (Lipinski definition) is 4. The zero-order valence-electron chi connectivity index (χ0n) is 13.0. The van der Waals surface area contributed by atoms with E-state index in [1.54, 1.807) is 0 Å². The first-order chi connectivity index (χ1) is 8.89. The predicted molar refractivity (Wildman–Crippen MR) is 83.9 cm³/mol. The molecule has 0 aliphatic carbocycles. The van der Waals surface area contributed by atoms with E-state index in [9.17, 15) is 4.79 Å². The van der Waals surface area contributed by atoms with Gasteiger partial charge in [-0.05, 0) is 58.6 Å². The van der Waals surface area contributed by atoms with E-state index >= 15 is 0 Å². The molecule has 0 saturated heterocycles. The van der Waals surface area contributed by atoms with E-state index in [4.69, 9.17) is 4.74 Å². The summed E-state index contributed by atoms with van der Waals surface area (Å²) in [6, 6.07) is 0.321. The van der Waals surface area contributed by atoms with Gasteiger partial charge in [-0.2, -0.15) is 11.8 Å². The number of ether oxygens (including phenoxy) is 1. The van der Waals surface area contributed by atoms with Gasteiger partial charge in [0.15, 0.2) is 0 Å². The molecule has 1 amide bonds. The van der Waals surface area contributed by atoms with E-state index in [0.29, 0.717) is 12.6 Å². The van der Waals surface area contributed by atoms with Crippen LogP contribution in [0, 0.1) is 0 Å². The molecule has 0 heterocycles. The third-order valence-electron chi connectivity index (χ3n) is 2.59. The Labute approximate surface area is 122 Å². The highest BCUT2D eigenvalue weighted by Gasteiger charge is 2.16. The number of carbonyl (C=O) groups excluding carboxylic acids is 1. The molecule has 0 fully saturated rings. The zero-order valence-corrected chi connectivity index (χ0v) is 13.9. The zero-order chi connectivity index (χ0) is 14.7. The second-order valence-corrected chi connectivity index (χ2v) is 6.63. The number of amides is 1. The Morgan fingerprint density at radius 1 is 1.32 bits per heavy atom. The van der Waals surface area contributed by atoms with E-state index in [0.717, 1.165) is 13.0 Å². The van der Waals surface area contributed by atoms with Crippen molar-refractivity contribution in [1.29, 1.82) is 0 Å². The van der Waals surface area contributed by atoms with Gasteiger partial charge in [0.05, 0.1) is 0 Å². The molecule has 19 heavy (non-hydrogen) atoms. The molecule has 0 radical (unpaired) electrons. The molecule has 0 aliphatic heterocycles. The Bertz CT molecular complexity index is 242. The van der Waals surface area contributed by atoms with E-state index < -0.39 is 5.60 Å². The summed E-state index contributed by atoms with van der Waals surface area (Å²) in [5.74, 6) is 1.22. The highest BCUT2D eigenvalue weighted by Crippen LogP contribution is 2.06. The van der Waals surface area contributed by atoms with Crippen LogP contribution in [-0.4, -0.2) is 42.8 Å². The molecule has 0 bridgehead atoms. The van der Waals surface area contributed by atoms with Crippen molar-refractivity contribution in [2.75, 3.05) is 25.1 Å². The van der Waals surface area contributed by atoms with Gasteiger partial charge in [-0.1, -0.05) is 6.92 Å². The number of unbranched alkanes of at least 4 members (excludes halogenated alkanes) is 1. The Kier molecular flexibility index (Phi) is 10.1. The highest BCUT2D eigenvalue weighted by molar-refractivity contribution is 7.98. The lowest BCUT2D eigenvalue weighted by atomic mass is 10.2. The molecule has 2 N–H and O–H groups in total. The van der Waals surface area contributed by atoms with Gasteiger partial charge in [-0.15, -0.1) is 0 Å². The molecule has 0 spiro atoms. The third kappa shape index (κ3) is 12.4. The van der Waals surface area contributed by atoms with Gasteiger partial charge < -0.3 is 15.4 Å². The van der Waals surface area contributed by atoms with E-state index in [-0.39, 0.29) is 6.09 Å². The molecule has 0 aromatic carbocycles. The standard InChI is InChI=1S/C14H30N2O2S/c1-6-12(15-9-7-8-10-19-5)11-16-13(17)18-14(2,3)4/h12,15H,6-11H2,1-5H3,(H,16,17). The maximum absolute atomic E-state index is 11.5. The van der Waals surface area contributed by atoms with Crippen LogP contribution in [0.2, 0.25) is 0 Å². The molecule has 0 aliphatic rings. The summed E-state index contributed by atoms with van der Waals surface area (Å²) in [6.45, 7) is 9.36. The number of thioether (sulfide) groups is 1. The summed E-state index contributed by atoms with van der Waals surface area (Å²) in [5.41, 5.74) is -0.433. The van der Waals surface area contributed by atoms with Crippen LogP contribution in [-0.2, 0) is 4.74 Å². The van der Waals surface area contributed by atoms with Crippen LogP contribution in [0.1, 0.15) is 47.0 Å². The largest absolute Gasteiger partial charge is 0.444 e. The summed E-state index contributed by atoms with van der Waals surface area (Å²) in [4.78, 5) is 11.5. The molecule has 0 aromatic heterocycles. The number of carbonyl (C=O) groups is 1. The highest BCUT2D eigenvalue weighted by atomic mass is 32.2. The summed E-state index contributed by atoms with van der Waals surface area (Å²) >= 11 is 1.88. The molecule has 0 saturated carbocycles. The number of rotatable bonds is 9. The summed E-state index contributed by atoms with van der Waals surface area (Å²) < 4.78 is 5.21. The molecular weight excluding hydrogens is 260 g/mol. The topological polar surface area (TPSA) is 50.4 Å². The van der Waals surface area contributed by atoms with Crippen molar-refractivity contribution in [2.45, 2.75) is 58.6 Å². The Morgan fingerprint density at radius 2 is 2.00 bits per heavy atom. The van der Waals surface area contributed by atoms with Crippen molar-refractivity contribution < 1.29 is 9.53 Å².